The Labute approximate surface area is 172 Å². The van der Waals surface area contributed by atoms with Crippen molar-refractivity contribution in [2.24, 2.45) is 0 Å². The third kappa shape index (κ3) is 3.62. The van der Waals surface area contributed by atoms with Gasteiger partial charge in [0.05, 0.1) is 20.8 Å². The van der Waals surface area contributed by atoms with E-state index in [1.165, 1.54) is 0 Å². The van der Waals surface area contributed by atoms with E-state index in [1.54, 1.807) is 29.6 Å². The van der Waals surface area contributed by atoms with E-state index in [0.29, 0.717) is 11.5 Å². The lowest BCUT2D eigenvalue weighted by atomic mass is 9.97. The summed E-state index contributed by atoms with van der Waals surface area (Å²) >= 11 is 3.24. The van der Waals surface area contributed by atoms with Crippen molar-refractivity contribution in [2.75, 3.05) is 0 Å². The fraction of sp³-hybridized carbons (Fsp3) is 0.182. The molecule has 1 aliphatic rings. The number of hydrogen-bond acceptors (Lipinski definition) is 5. The van der Waals surface area contributed by atoms with Crippen LogP contribution in [0.3, 0.4) is 0 Å². The molecule has 142 valence electrons. The zero-order valence-corrected chi connectivity index (χ0v) is 17.2. The third-order valence-corrected chi connectivity index (χ3v) is 7.17. The highest BCUT2D eigenvalue weighted by molar-refractivity contribution is 8.02. The summed E-state index contributed by atoms with van der Waals surface area (Å²) in [5.41, 5.74) is 0.867. The van der Waals surface area contributed by atoms with Crippen LogP contribution in [0.5, 0.6) is 11.5 Å². The largest absolute Gasteiger partial charge is 0.455 e. The van der Waals surface area contributed by atoms with Crippen LogP contribution in [-0.2, 0) is 0 Å². The monoisotopic (exact) mass is 409 g/mol. The molecule has 4 nitrogen and oxygen atoms in total. The highest BCUT2D eigenvalue weighted by Crippen LogP contribution is 2.49. The van der Waals surface area contributed by atoms with Crippen LogP contribution in [0.1, 0.15) is 31.7 Å². The molecule has 1 heterocycles. The van der Waals surface area contributed by atoms with Crippen LogP contribution in [0.4, 0.5) is 5.69 Å². The van der Waals surface area contributed by atoms with Gasteiger partial charge in [0.25, 0.3) is 5.69 Å². The second-order valence-electron chi connectivity index (χ2n) is 6.62. The van der Waals surface area contributed by atoms with Gasteiger partial charge in [-0.2, -0.15) is 0 Å². The Hall–Kier alpha value is -2.44. The molecule has 1 atom stereocenters. The van der Waals surface area contributed by atoms with Crippen molar-refractivity contribution in [1.29, 1.82) is 0 Å². The first-order valence-corrected chi connectivity index (χ1v) is 10.7. The number of para-hydroxylation sites is 1. The van der Waals surface area contributed by atoms with Crippen LogP contribution in [-0.4, -0.2) is 4.92 Å². The Morgan fingerprint density at radius 3 is 2.18 bits per heavy atom. The maximum Gasteiger partial charge on any atom is 0.276 e. The SMILES string of the molecule is CCC(C)c1cc2c(cc1[N+](=O)[O-])Oc1ccccc1Sc1ccccc1S2. The summed E-state index contributed by atoms with van der Waals surface area (Å²) in [5.74, 6) is 1.32. The van der Waals surface area contributed by atoms with E-state index in [-0.39, 0.29) is 16.5 Å². The van der Waals surface area contributed by atoms with Gasteiger partial charge in [0.1, 0.15) is 11.5 Å². The van der Waals surface area contributed by atoms with Crippen LogP contribution in [0.25, 0.3) is 0 Å². The van der Waals surface area contributed by atoms with Crippen molar-refractivity contribution < 1.29 is 9.66 Å². The lowest BCUT2D eigenvalue weighted by Gasteiger charge is -2.16. The van der Waals surface area contributed by atoms with E-state index in [4.69, 9.17) is 4.74 Å². The van der Waals surface area contributed by atoms with Gasteiger partial charge in [-0.1, -0.05) is 61.6 Å². The van der Waals surface area contributed by atoms with Crippen LogP contribution in [0.15, 0.2) is 80.2 Å². The summed E-state index contributed by atoms with van der Waals surface area (Å²) in [4.78, 5) is 15.5. The lowest BCUT2D eigenvalue weighted by molar-refractivity contribution is -0.385. The maximum absolute atomic E-state index is 11.7. The molecule has 0 saturated carbocycles. The molecule has 3 aromatic carbocycles. The first-order chi connectivity index (χ1) is 13.6. The predicted octanol–water partition coefficient (Wildman–Crippen LogP) is 7.52. The number of fused-ring (bicyclic) bond motifs is 3. The van der Waals surface area contributed by atoms with Crippen molar-refractivity contribution >= 4 is 29.2 Å². The molecule has 1 aliphatic heterocycles. The summed E-state index contributed by atoms with van der Waals surface area (Å²) in [6.45, 7) is 4.07. The van der Waals surface area contributed by atoms with Gasteiger partial charge in [0.15, 0.2) is 0 Å². The van der Waals surface area contributed by atoms with E-state index >= 15 is 0 Å². The number of nitrogens with zero attached hydrogens (tertiary/aromatic N) is 1. The topological polar surface area (TPSA) is 52.4 Å². The molecule has 0 saturated heterocycles. The molecule has 1 unspecified atom stereocenters. The van der Waals surface area contributed by atoms with Gasteiger partial charge in [0.2, 0.25) is 0 Å². The Bertz CT molecular complexity index is 1050. The molecule has 3 aromatic rings. The molecular formula is C22H19NO3S2. The third-order valence-electron chi connectivity index (χ3n) is 4.79. The Kier molecular flexibility index (Phi) is 5.33. The molecule has 0 N–H and O–H groups in total. The molecule has 4 rings (SSSR count). The average molecular weight is 410 g/mol. The minimum Gasteiger partial charge on any atom is -0.455 e. The second-order valence-corrected chi connectivity index (χ2v) is 8.79. The van der Waals surface area contributed by atoms with Crippen molar-refractivity contribution in [2.45, 2.75) is 45.8 Å². The minimum absolute atomic E-state index is 0.0934. The summed E-state index contributed by atoms with van der Waals surface area (Å²) in [5, 5.41) is 11.7. The van der Waals surface area contributed by atoms with Gasteiger partial charge < -0.3 is 4.74 Å². The van der Waals surface area contributed by atoms with Crippen LogP contribution in [0.2, 0.25) is 0 Å². The quantitative estimate of drug-likeness (QED) is 0.259. The van der Waals surface area contributed by atoms with Crippen LogP contribution >= 0.6 is 23.5 Å². The number of hydrogen-bond donors (Lipinski definition) is 0. The highest BCUT2D eigenvalue weighted by atomic mass is 32.2. The maximum atomic E-state index is 11.7. The second kappa shape index (κ2) is 7.89. The van der Waals surface area contributed by atoms with Gasteiger partial charge >= 0.3 is 0 Å². The standard InChI is InChI=1S/C22H19NO3S2/c1-3-14(2)15-12-22-18(13-16(15)23(24)25)26-17-8-4-5-9-19(17)27-20-10-6-7-11-21(20)28-22/h4-14H,3H2,1-2H3. The molecule has 0 aromatic heterocycles. The first kappa shape index (κ1) is 18.9. The van der Waals surface area contributed by atoms with Gasteiger partial charge in [-0.15, -0.1) is 0 Å². The zero-order chi connectivity index (χ0) is 19.7. The van der Waals surface area contributed by atoms with Gasteiger partial charge in [-0.3, -0.25) is 10.1 Å². The summed E-state index contributed by atoms with van der Waals surface area (Å²) in [7, 11) is 0. The fourth-order valence-corrected chi connectivity index (χ4v) is 5.19. The van der Waals surface area contributed by atoms with Crippen molar-refractivity contribution in [1.82, 2.24) is 0 Å². The van der Waals surface area contributed by atoms with Crippen LogP contribution < -0.4 is 4.74 Å². The normalized spacial score (nSPS) is 13.6. The zero-order valence-electron chi connectivity index (χ0n) is 15.5. The number of benzene rings is 3. The van der Waals surface area contributed by atoms with E-state index in [1.807, 2.05) is 56.3 Å². The summed E-state index contributed by atoms with van der Waals surface area (Å²) < 4.78 is 6.21. The smallest absolute Gasteiger partial charge is 0.276 e. The highest BCUT2D eigenvalue weighted by Gasteiger charge is 2.25. The van der Waals surface area contributed by atoms with Crippen molar-refractivity contribution in [3.8, 4) is 11.5 Å². The molecule has 0 fully saturated rings. The molecule has 0 spiro atoms. The number of nitro benzene ring substituents is 1. The van der Waals surface area contributed by atoms with E-state index in [9.17, 15) is 10.1 Å². The number of ether oxygens (including phenoxy) is 1. The minimum atomic E-state index is -0.308. The van der Waals surface area contributed by atoms with E-state index < -0.39 is 0 Å². The van der Waals surface area contributed by atoms with Crippen molar-refractivity contribution in [3.05, 3.63) is 76.3 Å². The molecule has 0 amide bonds. The molecule has 0 bridgehead atoms. The summed E-state index contributed by atoms with van der Waals surface area (Å²) in [6, 6.07) is 19.5. The number of nitro groups is 1. The van der Waals surface area contributed by atoms with E-state index in [0.717, 1.165) is 31.6 Å². The molecule has 6 heteroatoms. The summed E-state index contributed by atoms with van der Waals surface area (Å²) in [6.07, 6.45) is 0.834. The fourth-order valence-electron chi connectivity index (χ4n) is 3.09. The van der Waals surface area contributed by atoms with Crippen LogP contribution in [0, 0.1) is 10.1 Å². The van der Waals surface area contributed by atoms with Gasteiger partial charge in [0, 0.05) is 15.4 Å². The molecular weight excluding hydrogens is 390 g/mol. The molecule has 0 radical (unpaired) electrons. The van der Waals surface area contributed by atoms with E-state index in [2.05, 4.69) is 12.1 Å². The van der Waals surface area contributed by atoms with Gasteiger partial charge in [-0.05, 0) is 42.7 Å². The Morgan fingerprint density at radius 1 is 0.929 bits per heavy atom. The average Bonchev–Trinajstić information content (AvgIpc) is 2.76. The first-order valence-electron chi connectivity index (χ1n) is 9.10. The lowest BCUT2D eigenvalue weighted by Crippen LogP contribution is -2.01. The molecule has 28 heavy (non-hydrogen) atoms. The predicted molar refractivity (Wildman–Crippen MR) is 113 cm³/mol. The molecule has 0 aliphatic carbocycles. The van der Waals surface area contributed by atoms with Crippen molar-refractivity contribution in [3.63, 3.8) is 0 Å². The van der Waals surface area contributed by atoms with Gasteiger partial charge in [-0.25, -0.2) is 0 Å². The Balaban J connectivity index is 1.95. The Morgan fingerprint density at radius 2 is 1.54 bits per heavy atom. The number of rotatable bonds is 3.